The average molecular weight is 241 g/mol. The molecule has 2 amide bonds. The Labute approximate surface area is 103 Å². The largest absolute Gasteiger partial charge is 0.332 e. The van der Waals surface area contributed by atoms with Crippen molar-refractivity contribution in [3.8, 4) is 0 Å². The van der Waals surface area contributed by atoms with Crippen molar-refractivity contribution in [3.63, 3.8) is 0 Å². The monoisotopic (exact) mass is 241 g/mol. The third kappa shape index (κ3) is 3.70. The molecule has 98 valence electrons. The highest BCUT2D eigenvalue weighted by Crippen LogP contribution is 2.04. The Bertz CT molecular complexity index is 273. The Morgan fingerprint density at radius 2 is 1.88 bits per heavy atom. The molecule has 5 heteroatoms. The van der Waals surface area contributed by atoms with Crippen LogP contribution in [0.15, 0.2) is 0 Å². The Morgan fingerprint density at radius 3 is 2.35 bits per heavy atom. The van der Waals surface area contributed by atoms with Crippen LogP contribution in [0.25, 0.3) is 0 Å². The van der Waals surface area contributed by atoms with Gasteiger partial charge in [0.25, 0.3) is 0 Å². The summed E-state index contributed by atoms with van der Waals surface area (Å²) in [7, 11) is 0. The molecular formula is C12H23N3O2. The summed E-state index contributed by atoms with van der Waals surface area (Å²) >= 11 is 0. The molecule has 1 fully saturated rings. The van der Waals surface area contributed by atoms with E-state index in [9.17, 15) is 9.59 Å². The predicted octanol–water partition coefficient (Wildman–Crippen LogP) is 0.0652. The summed E-state index contributed by atoms with van der Waals surface area (Å²) in [5, 5.41) is 3.17. The highest BCUT2D eigenvalue weighted by Gasteiger charge is 2.28. The fourth-order valence-corrected chi connectivity index (χ4v) is 1.96. The standard InChI is InChI=1S/C12H23N3O2/c1-4-7-15(10(2)3)12(17)11(16)14-8-5-13-6-9-14/h10,13H,4-9H2,1-3H3. The van der Waals surface area contributed by atoms with Crippen LogP contribution in [-0.2, 0) is 9.59 Å². The van der Waals surface area contributed by atoms with E-state index in [2.05, 4.69) is 5.32 Å². The van der Waals surface area contributed by atoms with Gasteiger partial charge in [-0.1, -0.05) is 6.92 Å². The number of piperazine rings is 1. The lowest BCUT2D eigenvalue weighted by atomic mass is 10.2. The molecule has 1 heterocycles. The van der Waals surface area contributed by atoms with Gasteiger partial charge in [-0.15, -0.1) is 0 Å². The van der Waals surface area contributed by atoms with Crippen molar-refractivity contribution < 1.29 is 9.59 Å². The molecule has 1 aliphatic rings. The minimum Gasteiger partial charge on any atom is -0.332 e. The molecule has 17 heavy (non-hydrogen) atoms. The maximum absolute atomic E-state index is 12.1. The second-order valence-electron chi connectivity index (χ2n) is 4.63. The van der Waals surface area contributed by atoms with Gasteiger partial charge in [-0.25, -0.2) is 0 Å². The van der Waals surface area contributed by atoms with Crippen molar-refractivity contribution in [2.45, 2.75) is 33.2 Å². The predicted molar refractivity (Wildman–Crippen MR) is 66.6 cm³/mol. The van der Waals surface area contributed by atoms with E-state index in [-0.39, 0.29) is 17.9 Å². The molecule has 0 aromatic carbocycles. The third-order valence-corrected chi connectivity index (χ3v) is 2.94. The molecule has 0 unspecified atom stereocenters. The van der Waals surface area contributed by atoms with Crippen molar-refractivity contribution in [1.82, 2.24) is 15.1 Å². The van der Waals surface area contributed by atoms with Crippen LogP contribution < -0.4 is 5.32 Å². The van der Waals surface area contributed by atoms with Crippen LogP contribution in [-0.4, -0.2) is 60.4 Å². The number of carbonyl (C=O) groups excluding carboxylic acids is 2. The average Bonchev–Trinajstić information content (AvgIpc) is 2.35. The van der Waals surface area contributed by atoms with E-state index in [1.165, 1.54) is 0 Å². The minimum atomic E-state index is -0.358. The van der Waals surface area contributed by atoms with Gasteiger partial charge >= 0.3 is 11.8 Å². The van der Waals surface area contributed by atoms with Gasteiger partial charge in [0.15, 0.2) is 0 Å². The lowest BCUT2D eigenvalue weighted by molar-refractivity contribution is -0.153. The van der Waals surface area contributed by atoms with Gasteiger partial charge in [0.05, 0.1) is 0 Å². The van der Waals surface area contributed by atoms with Gasteiger partial charge in [-0.05, 0) is 20.3 Å². The van der Waals surface area contributed by atoms with Crippen LogP contribution in [0.5, 0.6) is 0 Å². The van der Waals surface area contributed by atoms with Crippen LogP contribution in [0, 0.1) is 0 Å². The van der Waals surface area contributed by atoms with Crippen LogP contribution in [0.4, 0.5) is 0 Å². The summed E-state index contributed by atoms with van der Waals surface area (Å²) in [6.45, 7) is 9.34. The molecule has 1 rings (SSSR count). The number of hydrogen-bond donors (Lipinski definition) is 1. The molecule has 0 aliphatic carbocycles. The molecule has 0 saturated carbocycles. The topological polar surface area (TPSA) is 52.7 Å². The van der Waals surface area contributed by atoms with Gasteiger partial charge in [0.1, 0.15) is 0 Å². The molecule has 0 spiro atoms. The first-order chi connectivity index (χ1) is 8.07. The Morgan fingerprint density at radius 1 is 1.29 bits per heavy atom. The first kappa shape index (κ1) is 14.0. The lowest BCUT2D eigenvalue weighted by Crippen LogP contribution is -2.53. The molecular weight excluding hydrogens is 218 g/mol. The van der Waals surface area contributed by atoms with E-state index in [0.717, 1.165) is 19.5 Å². The van der Waals surface area contributed by atoms with Gasteiger partial charge in [-0.2, -0.15) is 0 Å². The molecule has 5 nitrogen and oxygen atoms in total. The van der Waals surface area contributed by atoms with E-state index >= 15 is 0 Å². The van der Waals surface area contributed by atoms with Gasteiger partial charge < -0.3 is 15.1 Å². The number of carbonyl (C=O) groups is 2. The van der Waals surface area contributed by atoms with Crippen LogP contribution in [0.1, 0.15) is 27.2 Å². The molecule has 0 atom stereocenters. The quantitative estimate of drug-likeness (QED) is 0.711. The molecule has 1 saturated heterocycles. The van der Waals surface area contributed by atoms with E-state index in [1.807, 2.05) is 20.8 Å². The van der Waals surface area contributed by atoms with Crippen molar-refractivity contribution in [1.29, 1.82) is 0 Å². The Hall–Kier alpha value is -1.10. The fourth-order valence-electron chi connectivity index (χ4n) is 1.96. The number of nitrogens with zero attached hydrogens (tertiary/aromatic N) is 2. The molecule has 0 aromatic rings. The summed E-state index contributed by atoms with van der Waals surface area (Å²) in [6, 6.07) is 0.0781. The van der Waals surface area contributed by atoms with Crippen molar-refractivity contribution in [2.75, 3.05) is 32.7 Å². The Balaban J connectivity index is 2.62. The molecule has 1 aliphatic heterocycles. The third-order valence-electron chi connectivity index (χ3n) is 2.94. The molecule has 0 aromatic heterocycles. The van der Waals surface area contributed by atoms with Crippen LogP contribution >= 0.6 is 0 Å². The SMILES string of the molecule is CCCN(C(=O)C(=O)N1CCNCC1)C(C)C. The molecule has 0 bridgehead atoms. The number of rotatable bonds is 3. The second-order valence-corrected chi connectivity index (χ2v) is 4.63. The second kappa shape index (κ2) is 6.59. The smallest absolute Gasteiger partial charge is 0.312 e. The van der Waals surface area contributed by atoms with Gasteiger partial charge in [0.2, 0.25) is 0 Å². The van der Waals surface area contributed by atoms with E-state index < -0.39 is 0 Å². The van der Waals surface area contributed by atoms with Crippen molar-refractivity contribution in [3.05, 3.63) is 0 Å². The summed E-state index contributed by atoms with van der Waals surface area (Å²) in [4.78, 5) is 27.4. The van der Waals surface area contributed by atoms with Crippen molar-refractivity contribution >= 4 is 11.8 Å². The molecule has 0 radical (unpaired) electrons. The summed E-state index contributed by atoms with van der Waals surface area (Å²) in [5.74, 6) is -0.711. The lowest BCUT2D eigenvalue weighted by Gasteiger charge is -2.31. The van der Waals surface area contributed by atoms with Crippen molar-refractivity contribution in [2.24, 2.45) is 0 Å². The van der Waals surface area contributed by atoms with Crippen LogP contribution in [0.2, 0.25) is 0 Å². The van der Waals surface area contributed by atoms with E-state index in [0.29, 0.717) is 19.6 Å². The van der Waals surface area contributed by atoms with Gasteiger partial charge in [0, 0.05) is 38.8 Å². The normalized spacial score (nSPS) is 16.1. The maximum Gasteiger partial charge on any atom is 0.312 e. The van der Waals surface area contributed by atoms with Gasteiger partial charge in [-0.3, -0.25) is 9.59 Å². The van der Waals surface area contributed by atoms with E-state index in [4.69, 9.17) is 0 Å². The highest BCUT2D eigenvalue weighted by molar-refractivity contribution is 6.35. The minimum absolute atomic E-state index is 0.0781. The highest BCUT2D eigenvalue weighted by atomic mass is 16.2. The first-order valence-electron chi connectivity index (χ1n) is 6.38. The zero-order valence-corrected chi connectivity index (χ0v) is 11.0. The van der Waals surface area contributed by atoms with Crippen LogP contribution in [0.3, 0.4) is 0 Å². The molecule has 1 N–H and O–H groups in total. The zero-order valence-electron chi connectivity index (χ0n) is 11.0. The van der Waals surface area contributed by atoms with E-state index in [1.54, 1.807) is 9.80 Å². The maximum atomic E-state index is 12.1. The summed E-state index contributed by atoms with van der Waals surface area (Å²) in [6.07, 6.45) is 0.874. The summed E-state index contributed by atoms with van der Waals surface area (Å²) < 4.78 is 0. The number of hydrogen-bond acceptors (Lipinski definition) is 3. The zero-order chi connectivity index (χ0) is 12.8. The number of amides is 2. The Kier molecular flexibility index (Phi) is 5.41. The summed E-state index contributed by atoms with van der Waals surface area (Å²) in [5.41, 5.74) is 0. The fraction of sp³-hybridized carbons (Fsp3) is 0.833. The number of nitrogens with one attached hydrogen (secondary N) is 1. The first-order valence-corrected chi connectivity index (χ1v) is 6.38.